The van der Waals surface area contributed by atoms with Crippen LogP contribution in [0.2, 0.25) is 4.34 Å². The second kappa shape index (κ2) is 4.86. The number of nitrogens with one attached hydrogen (secondary N) is 1. The standard InChI is InChI=1S/C12H18ClNS/c1-3-14-12(8(2)9-4-5-9)10-6-7-11(13)15-10/h6-9,12,14H,3-5H2,1-2H3. The quantitative estimate of drug-likeness (QED) is 0.821. The lowest BCUT2D eigenvalue weighted by Gasteiger charge is -2.23. The van der Waals surface area contributed by atoms with Gasteiger partial charge in [0.2, 0.25) is 0 Å². The molecule has 0 radical (unpaired) electrons. The van der Waals surface area contributed by atoms with Gasteiger partial charge in [-0.3, -0.25) is 0 Å². The van der Waals surface area contributed by atoms with Crippen molar-refractivity contribution < 1.29 is 0 Å². The summed E-state index contributed by atoms with van der Waals surface area (Å²) in [6.45, 7) is 5.55. The topological polar surface area (TPSA) is 12.0 Å². The Morgan fingerprint density at radius 2 is 2.27 bits per heavy atom. The number of rotatable bonds is 5. The van der Waals surface area contributed by atoms with Crippen LogP contribution in [0.5, 0.6) is 0 Å². The number of halogens is 1. The van der Waals surface area contributed by atoms with Crippen LogP contribution in [0.15, 0.2) is 12.1 Å². The fraction of sp³-hybridized carbons (Fsp3) is 0.667. The molecule has 1 aliphatic rings. The van der Waals surface area contributed by atoms with Gasteiger partial charge in [-0.25, -0.2) is 0 Å². The van der Waals surface area contributed by atoms with E-state index in [2.05, 4.69) is 25.2 Å². The zero-order valence-electron chi connectivity index (χ0n) is 9.29. The fourth-order valence-corrected chi connectivity index (χ4v) is 3.41. The summed E-state index contributed by atoms with van der Waals surface area (Å²) in [6.07, 6.45) is 2.81. The highest BCUT2D eigenvalue weighted by molar-refractivity contribution is 7.16. The van der Waals surface area contributed by atoms with Gasteiger partial charge < -0.3 is 5.32 Å². The van der Waals surface area contributed by atoms with Crippen LogP contribution in [0.4, 0.5) is 0 Å². The fourth-order valence-electron chi connectivity index (χ4n) is 2.16. The molecule has 1 heterocycles. The third-order valence-corrected chi connectivity index (χ3v) is 4.53. The molecule has 0 aliphatic heterocycles. The molecule has 2 atom stereocenters. The minimum absolute atomic E-state index is 0.500. The molecule has 2 unspecified atom stereocenters. The van der Waals surface area contributed by atoms with Gasteiger partial charge >= 0.3 is 0 Å². The first-order valence-corrected chi connectivity index (χ1v) is 6.90. The molecule has 1 aromatic rings. The normalized spacial score (nSPS) is 20.2. The first-order valence-electron chi connectivity index (χ1n) is 5.71. The Kier molecular flexibility index (Phi) is 3.70. The van der Waals surface area contributed by atoms with Crippen molar-refractivity contribution in [3.63, 3.8) is 0 Å². The minimum Gasteiger partial charge on any atom is -0.309 e. The summed E-state index contributed by atoms with van der Waals surface area (Å²) >= 11 is 7.71. The van der Waals surface area contributed by atoms with Crippen LogP contribution >= 0.6 is 22.9 Å². The molecule has 0 spiro atoms. The van der Waals surface area contributed by atoms with E-state index < -0.39 is 0 Å². The third-order valence-electron chi connectivity index (χ3n) is 3.22. The molecule has 0 amide bonds. The van der Waals surface area contributed by atoms with Crippen molar-refractivity contribution in [2.75, 3.05) is 6.54 Å². The summed E-state index contributed by atoms with van der Waals surface area (Å²) in [6, 6.07) is 4.67. The predicted molar refractivity (Wildman–Crippen MR) is 67.6 cm³/mol. The van der Waals surface area contributed by atoms with Crippen LogP contribution in [-0.4, -0.2) is 6.54 Å². The molecular formula is C12H18ClNS. The number of hydrogen-bond acceptors (Lipinski definition) is 2. The van der Waals surface area contributed by atoms with E-state index in [1.165, 1.54) is 17.7 Å². The Labute approximate surface area is 101 Å². The first-order chi connectivity index (χ1) is 7.22. The lowest BCUT2D eigenvalue weighted by molar-refractivity contribution is 0.360. The Hall–Kier alpha value is -0.0500. The van der Waals surface area contributed by atoms with Crippen LogP contribution in [0.3, 0.4) is 0 Å². The Morgan fingerprint density at radius 1 is 1.53 bits per heavy atom. The highest BCUT2D eigenvalue weighted by Gasteiger charge is 2.34. The highest BCUT2D eigenvalue weighted by Crippen LogP contribution is 2.44. The third kappa shape index (κ3) is 2.74. The van der Waals surface area contributed by atoms with Gasteiger partial charge in [-0.05, 0) is 43.4 Å². The van der Waals surface area contributed by atoms with Gasteiger partial charge in [-0.1, -0.05) is 25.4 Å². The summed E-state index contributed by atoms with van der Waals surface area (Å²) in [4.78, 5) is 1.39. The molecule has 0 saturated heterocycles. The molecule has 1 fully saturated rings. The molecule has 0 aromatic carbocycles. The van der Waals surface area contributed by atoms with E-state index in [1.807, 2.05) is 6.07 Å². The summed E-state index contributed by atoms with van der Waals surface area (Å²) in [5.41, 5.74) is 0. The molecule has 1 nitrogen and oxygen atoms in total. The summed E-state index contributed by atoms with van der Waals surface area (Å²) in [5.74, 6) is 1.66. The van der Waals surface area contributed by atoms with E-state index in [0.717, 1.165) is 22.7 Å². The highest BCUT2D eigenvalue weighted by atomic mass is 35.5. The minimum atomic E-state index is 0.500. The second-order valence-electron chi connectivity index (χ2n) is 4.37. The van der Waals surface area contributed by atoms with Gasteiger partial charge in [0.1, 0.15) is 0 Å². The maximum Gasteiger partial charge on any atom is 0.0931 e. The van der Waals surface area contributed by atoms with E-state index in [0.29, 0.717) is 6.04 Å². The van der Waals surface area contributed by atoms with E-state index in [9.17, 15) is 0 Å². The molecule has 1 aromatic heterocycles. The molecular weight excluding hydrogens is 226 g/mol. The van der Waals surface area contributed by atoms with E-state index >= 15 is 0 Å². The first kappa shape index (κ1) is 11.4. The zero-order valence-corrected chi connectivity index (χ0v) is 10.9. The van der Waals surface area contributed by atoms with E-state index in [1.54, 1.807) is 11.3 Å². The molecule has 0 bridgehead atoms. The van der Waals surface area contributed by atoms with Gasteiger partial charge in [0.15, 0.2) is 0 Å². The largest absolute Gasteiger partial charge is 0.309 e. The molecule has 84 valence electrons. The summed E-state index contributed by atoms with van der Waals surface area (Å²) in [5, 5.41) is 3.59. The van der Waals surface area contributed by atoms with Crippen molar-refractivity contribution in [3.05, 3.63) is 21.3 Å². The lowest BCUT2D eigenvalue weighted by atomic mass is 9.95. The van der Waals surface area contributed by atoms with Crippen LogP contribution in [0.25, 0.3) is 0 Å². The molecule has 1 N–H and O–H groups in total. The van der Waals surface area contributed by atoms with Gasteiger partial charge in [0, 0.05) is 10.9 Å². The Balaban J connectivity index is 2.10. The Bertz CT molecular complexity index is 319. The van der Waals surface area contributed by atoms with Crippen molar-refractivity contribution in [2.45, 2.75) is 32.7 Å². The van der Waals surface area contributed by atoms with Crippen molar-refractivity contribution in [1.82, 2.24) is 5.32 Å². The lowest BCUT2D eigenvalue weighted by Crippen LogP contribution is -2.27. The number of hydrogen-bond donors (Lipinski definition) is 1. The molecule has 15 heavy (non-hydrogen) atoms. The van der Waals surface area contributed by atoms with Crippen LogP contribution < -0.4 is 5.32 Å². The van der Waals surface area contributed by atoms with Gasteiger partial charge in [0.05, 0.1) is 4.34 Å². The van der Waals surface area contributed by atoms with E-state index in [-0.39, 0.29) is 0 Å². The van der Waals surface area contributed by atoms with E-state index in [4.69, 9.17) is 11.6 Å². The van der Waals surface area contributed by atoms with Crippen LogP contribution in [-0.2, 0) is 0 Å². The SMILES string of the molecule is CCNC(c1ccc(Cl)s1)C(C)C1CC1. The van der Waals surface area contributed by atoms with Gasteiger partial charge in [-0.15, -0.1) is 11.3 Å². The van der Waals surface area contributed by atoms with Crippen molar-refractivity contribution in [2.24, 2.45) is 11.8 Å². The van der Waals surface area contributed by atoms with Crippen LogP contribution in [0.1, 0.15) is 37.6 Å². The Morgan fingerprint density at radius 3 is 2.73 bits per heavy atom. The summed E-state index contributed by atoms with van der Waals surface area (Å²) in [7, 11) is 0. The summed E-state index contributed by atoms with van der Waals surface area (Å²) < 4.78 is 0.899. The van der Waals surface area contributed by atoms with Gasteiger partial charge in [0.25, 0.3) is 0 Å². The predicted octanol–water partition coefficient (Wildman–Crippen LogP) is 4.10. The van der Waals surface area contributed by atoms with Crippen molar-refractivity contribution in [3.8, 4) is 0 Å². The van der Waals surface area contributed by atoms with Gasteiger partial charge in [-0.2, -0.15) is 0 Å². The average molecular weight is 244 g/mol. The second-order valence-corrected chi connectivity index (χ2v) is 6.12. The maximum absolute atomic E-state index is 6.00. The smallest absolute Gasteiger partial charge is 0.0931 e. The maximum atomic E-state index is 6.00. The van der Waals surface area contributed by atoms with Crippen molar-refractivity contribution >= 4 is 22.9 Å². The monoisotopic (exact) mass is 243 g/mol. The molecule has 1 aliphatic carbocycles. The average Bonchev–Trinajstić information content (AvgIpc) is 2.98. The molecule has 1 saturated carbocycles. The molecule has 3 heteroatoms. The zero-order chi connectivity index (χ0) is 10.8. The van der Waals surface area contributed by atoms with Crippen molar-refractivity contribution in [1.29, 1.82) is 0 Å². The molecule has 2 rings (SSSR count). The number of thiophene rings is 1. The van der Waals surface area contributed by atoms with Crippen LogP contribution in [0, 0.1) is 11.8 Å².